The van der Waals surface area contributed by atoms with Gasteiger partial charge in [-0.3, -0.25) is 0 Å². The van der Waals surface area contributed by atoms with Crippen molar-refractivity contribution in [2.45, 2.75) is 52.9 Å². The third kappa shape index (κ3) is 4.30. The number of unbranched alkanes of at least 4 members (excludes halogenated alkanes) is 1. The molecule has 0 aliphatic rings. The van der Waals surface area contributed by atoms with Gasteiger partial charge in [-0.2, -0.15) is 0 Å². The lowest BCUT2D eigenvalue weighted by Crippen LogP contribution is -2.13. The molecule has 1 aromatic heterocycles. The molecule has 2 aromatic carbocycles. The van der Waals surface area contributed by atoms with E-state index in [-0.39, 0.29) is 0 Å². The zero-order valence-corrected chi connectivity index (χ0v) is 16.4. The van der Waals surface area contributed by atoms with Crippen molar-refractivity contribution >= 4 is 16.6 Å². The lowest BCUT2D eigenvalue weighted by molar-refractivity contribution is 0.519. The van der Waals surface area contributed by atoms with Crippen LogP contribution in [0.5, 0.6) is 0 Å². The largest absolute Gasteiger partial charge is 0.383 e. The molecule has 2 N–H and O–H groups in total. The molecule has 0 bridgehead atoms. The second-order valence-corrected chi connectivity index (χ2v) is 7.32. The maximum Gasteiger partial charge on any atom is 0.0694 e. The first-order chi connectivity index (χ1) is 12.7. The van der Waals surface area contributed by atoms with Crippen LogP contribution in [0.3, 0.4) is 0 Å². The van der Waals surface area contributed by atoms with E-state index in [1.807, 2.05) is 0 Å². The van der Waals surface area contributed by atoms with Gasteiger partial charge in [0, 0.05) is 17.6 Å². The highest BCUT2D eigenvalue weighted by Crippen LogP contribution is 2.31. The summed E-state index contributed by atoms with van der Waals surface area (Å²) in [5.74, 6) is 0.730. The molecule has 1 heterocycles. The van der Waals surface area contributed by atoms with E-state index >= 15 is 0 Å². The Morgan fingerprint density at radius 2 is 1.73 bits per heavy atom. The molecule has 0 radical (unpaired) electrons. The van der Waals surface area contributed by atoms with Crippen molar-refractivity contribution in [3.05, 3.63) is 54.1 Å². The number of H-pyrrole nitrogens is 1. The second-order valence-electron chi connectivity index (χ2n) is 7.32. The summed E-state index contributed by atoms with van der Waals surface area (Å²) < 4.78 is 0. The van der Waals surface area contributed by atoms with E-state index < -0.39 is 0 Å². The van der Waals surface area contributed by atoms with E-state index in [0.29, 0.717) is 0 Å². The fraction of sp³-hybridized carbons (Fsp3) is 0.417. The predicted molar refractivity (Wildman–Crippen MR) is 115 cm³/mol. The van der Waals surface area contributed by atoms with Gasteiger partial charge in [-0.05, 0) is 48.1 Å². The van der Waals surface area contributed by atoms with Gasteiger partial charge in [0.15, 0.2) is 0 Å². The predicted octanol–water partition coefficient (Wildman–Crippen LogP) is 7.03. The van der Waals surface area contributed by atoms with Crippen molar-refractivity contribution < 1.29 is 0 Å². The van der Waals surface area contributed by atoms with E-state index in [1.54, 1.807) is 0 Å². The molecule has 0 amide bonds. The maximum absolute atomic E-state index is 3.74. The van der Waals surface area contributed by atoms with Crippen LogP contribution in [0, 0.1) is 5.92 Å². The van der Waals surface area contributed by atoms with E-state index in [1.165, 1.54) is 59.1 Å². The van der Waals surface area contributed by atoms with Crippen LogP contribution in [0.1, 0.15) is 52.0 Å². The summed E-state index contributed by atoms with van der Waals surface area (Å²) in [6.45, 7) is 7.87. The van der Waals surface area contributed by atoms with E-state index in [0.717, 1.165) is 18.9 Å². The number of hydrogen-bond acceptors (Lipinski definition) is 1. The summed E-state index contributed by atoms with van der Waals surface area (Å²) in [7, 11) is 0. The van der Waals surface area contributed by atoms with Gasteiger partial charge < -0.3 is 10.3 Å². The van der Waals surface area contributed by atoms with E-state index in [9.17, 15) is 0 Å². The first kappa shape index (κ1) is 18.6. The van der Waals surface area contributed by atoms with Crippen LogP contribution in [-0.4, -0.2) is 11.5 Å². The average molecular weight is 349 g/mol. The van der Waals surface area contributed by atoms with Gasteiger partial charge in [0.05, 0.1) is 11.2 Å². The van der Waals surface area contributed by atoms with Gasteiger partial charge in [-0.25, -0.2) is 0 Å². The smallest absolute Gasteiger partial charge is 0.0694 e. The summed E-state index contributed by atoms with van der Waals surface area (Å²) in [6, 6.07) is 17.6. The Balaban J connectivity index is 1.97. The van der Waals surface area contributed by atoms with Crippen molar-refractivity contribution in [3.8, 4) is 11.3 Å². The van der Waals surface area contributed by atoms with Gasteiger partial charge in [0.2, 0.25) is 0 Å². The number of nitrogens with one attached hydrogen (secondary N) is 2. The van der Waals surface area contributed by atoms with Crippen molar-refractivity contribution in [2.75, 3.05) is 11.9 Å². The third-order valence-corrected chi connectivity index (χ3v) is 5.43. The highest BCUT2D eigenvalue weighted by molar-refractivity contribution is 5.95. The number of anilines is 1. The first-order valence-electron chi connectivity index (χ1n) is 10.2. The van der Waals surface area contributed by atoms with Crippen molar-refractivity contribution in [1.29, 1.82) is 0 Å². The number of fused-ring (bicyclic) bond motifs is 1. The maximum atomic E-state index is 3.74. The molecule has 0 aliphatic heterocycles. The Kier molecular flexibility index (Phi) is 6.38. The van der Waals surface area contributed by atoms with Crippen LogP contribution in [0.15, 0.2) is 48.5 Å². The zero-order valence-electron chi connectivity index (χ0n) is 16.4. The Morgan fingerprint density at radius 3 is 2.42 bits per heavy atom. The molecule has 3 rings (SSSR count). The summed E-state index contributed by atoms with van der Waals surface area (Å²) >= 11 is 0. The molecule has 0 saturated heterocycles. The normalized spacial score (nSPS) is 11.4. The summed E-state index contributed by atoms with van der Waals surface area (Å²) in [4.78, 5) is 3.66. The van der Waals surface area contributed by atoms with Crippen molar-refractivity contribution in [3.63, 3.8) is 0 Å². The Labute approximate surface area is 158 Å². The Hall–Kier alpha value is -2.22. The Morgan fingerprint density at radius 1 is 0.962 bits per heavy atom. The van der Waals surface area contributed by atoms with E-state index in [2.05, 4.69) is 79.6 Å². The highest BCUT2D eigenvalue weighted by Gasteiger charge is 2.11. The molecule has 2 heteroatoms. The summed E-state index contributed by atoms with van der Waals surface area (Å²) in [5.41, 5.74) is 6.35. The van der Waals surface area contributed by atoms with Crippen LogP contribution in [-0.2, 0) is 6.42 Å². The van der Waals surface area contributed by atoms with Crippen LogP contribution in [0.25, 0.3) is 22.2 Å². The van der Waals surface area contributed by atoms with Crippen LogP contribution in [0.4, 0.5) is 5.69 Å². The topological polar surface area (TPSA) is 27.8 Å². The number of aromatic nitrogens is 1. The van der Waals surface area contributed by atoms with Gasteiger partial charge in [0.25, 0.3) is 0 Å². The van der Waals surface area contributed by atoms with Gasteiger partial charge >= 0.3 is 0 Å². The fourth-order valence-corrected chi connectivity index (χ4v) is 3.58. The van der Waals surface area contributed by atoms with Crippen molar-refractivity contribution in [1.82, 2.24) is 4.98 Å². The number of aromatic amines is 1. The SMILES string of the molecule is CCCCc1cc(NCC(CC)CC)c2[nH]c(-c3ccccc3)cc2c1. The summed E-state index contributed by atoms with van der Waals surface area (Å²) in [5, 5.41) is 5.05. The van der Waals surface area contributed by atoms with E-state index in [4.69, 9.17) is 0 Å². The van der Waals surface area contributed by atoms with Gasteiger partial charge in [0.1, 0.15) is 0 Å². The molecular weight excluding hydrogens is 316 g/mol. The summed E-state index contributed by atoms with van der Waals surface area (Å²) in [6.07, 6.45) is 6.08. The minimum Gasteiger partial charge on any atom is -0.383 e. The van der Waals surface area contributed by atoms with Crippen LogP contribution < -0.4 is 5.32 Å². The van der Waals surface area contributed by atoms with Gasteiger partial charge in [-0.1, -0.05) is 70.4 Å². The second kappa shape index (κ2) is 8.93. The fourth-order valence-electron chi connectivity index (χ4n) is 3.58. The monoisotopic (exact) mass is 348 g/mol. The van der Waals surface area contributed by atoms with Gasteiger partial charge in [-0.15, -0.1) is 0 Å². The Bertz CT molecular complexity index is 813. The molecule has 0 saturated carbocycles. The van der Waals surface area contributed by atoms with Crippen LogP contribution >= 0.6 is 0 Å². The number of aryl methyl sites for hydroxylation is 1. The number of hydrogen-bond donors (Lipinski definition) is 2. The molecule has 0 spiro atoms. The molecule has 3 aromatic rings. The standard InChI is InChI=1S/C24H32N2/c1-4-7-11-19-14-21-16-22(20-12-9-8-10-13-20)26-24(21)23(15-19)25-17-18(5-2)6-3/h8-10,12-16,18,25-26H,4-7,11,17H2,1-3H3. The molecule has 0 fully saturated rings. The molecule has 0 aliphatic carbocycles. The average Bonchev–Trinajstić information content (AvgIpc) is 3.12. The zero-order chi connectivity index (χ0) is 18.4. The molecule has 138 valence electrons. The van der Waals surface area contributed by atoms with Crippen molar-refractivity contribution in [2.24, 2.45) is 5.92 Å². The lowest BCUT2D eigenvalue weighted by atomic mass is 10.0. The lowest BCUT2D eigenvalue weighted by Gasteiger charge is -2.16. The molecule has 0 unspecified atom stereocenters. The molecular formula is C24H32N2. The third-order valence-electron chi connectivity index (χ3n) is 5.43. The quantitative estimate of drug-likeness (QED) is 0.427. The molecule has 0 atom stereocenters. The highest BCUT2D eigenvalue weighted by atomic mass is 14.9. The first-order valence-corrected chi connectivity index (χ1v) is 10.2. The molecule has 26 heavy (non-hydrogen) atoms. The molecule has 2 nitrogen and oxygen atoms in total. The minimum absolute atomic E-state index is 0.730. The minimum atomic E-state index is 0.730. The number of benzene rings is 2. The number of rotatable bonds is 9. The van der Waals surface area contributed by atoms with Crippen LogP contribution in [0.2, 0.25) is 0 Å².